The molecule has 1 heterocycles. The van der Waals surface area contributed by atoms with Crippen LogP contribution in [-0.2, 0) is 4.79 Å². The molecule has 3 aromatic rings. The van der Waals surface area contributed by atoms with Gasteiger partial charge in [-0.3, -0.25) is 4.79 Å². The van der Waals surface area contributed by atoms with Gasteiger partial charge in [0.25, 0.3) is 0 Å². The molecule has 0 unspecified atom stereocenters. The third-order valence-corrected chi connectivity index (χ3v) is 3.66. The molecule has 0 bridgehead atoms. The molecule has 0 radical (unpaired) electrons. The highest BCUT2D eigenvalue weighted by Crippen LogP contribution is 2.36. The summed E-state index contributed by atoms with van der Waals surface area (Å²) in [5, 5.41) is 4.94. The van der Waals surface area contributed by atoms with E-state index in [1.807, 2.05) is 57.2 Å². The molecule has 0 aliphatic heterocycles. The third kappa shape index (κ3) is 3.16. The van der Waals surface area contributed by atoms with Crippen LogP contribution < -0.4 is 10.1 Å². The van der Waals surface area contributed by atoms with Crippen molar-refractivity contribution < 1.29 is 13.9 Å². The lowest BCUT2D eigenvalue weighted by atomic mass is 9.92. The second-order valence-corrected chi connectivity index (χ2v) is 6.93. The van der Waals surface area contributed by atoms with Gasteiger partial charge in [-0.15, -0.1) is 0 Å². The fraction of sp³-hybridized carbons (Fsp3) is 0.316. The number of para-hydroxylation sites is 1. The second kappa shape index (κ2) is 5.61. The first-order valence-electron chi connectivity index (χ1n) is 7.66. The van der Waals surface area contributed by atoms with Crippen molar-refractivity contribution in [3.05, 3.63) is 36.4 Å². The van der Waals surface area contributed by atoms with Gasteiger partial charge in [-0.05, 0) is 17.5 Å². The highest BCUT2D eigenvalue weighted by Gasteiger charge is 2.18. The zero-order valence-corrected chi connectivity index (χ0v) is 13.9. The zero-order chi connectivity index (χ0) is 16.6. The molecule has 120 valence electrons. The Hall–Kier alpha value is -2.49. The van der Waals surface area contributed by atoms with E-state index in [4.69, 9.17) is 9.15 Å². The van der Waals surface area contributed by atoms with Crippen molar-refractivity contribution in [2.75, 3.05) is 12.4 Å². The Labute approximate surface area is 135 Å². The lowest BCUT2D eigenvalue weighted by Crippen LogP contribution is -2.19. The van der Waals surface area contributed by atoms with Crippen molar-refractivity contribution in [3.8, 4) is 5.75 Å². The maximum absolute atomic E-state index is 12.2. The van der Waals surface area contributed by atoms with E-state index in [9.17, 15) is 4.79 Å². The van der Waals surface area contributed by atoms with E-state index >= 15 is 0 Å². The molecule has 0 spiro atoms. The number of carbonyl (C=O) groups is 1. The first kappa shape index (κ1) is 15.4. The SMILES string of the molecule is COc1cc2c(cc1NC(=O)CC(C)(C)C)oc1ccccc12. The number of ether oxygens (including phenoxy) is 1. The van der Waals surface area contributed by atoms with Gasteiger partial charge in [0.15, 0.2) is 0 Å². The zero-order valence-electron chi connectivity index (χ0n) is 13.9. The minimum absolute atomic E-state index is 0.0359. The van der Waals surface area contributed by atoms with Crippen molar-refractivity contribution in [2.24, 2.45) is 5.41 Å². The first-order valence-corrected chi connectivity index (χ1v) is 7.66. The van der Waals surface area contributed by atoms with E-state index in [0.717, 1.165) is 21.9 Å². The summed E-state index contributed by atoms with van der Waals surface area (Å²) in [6, 6.07) is 11.6. The minimum atomic E-state index is -0.0687. The fourth-order valence-corrected chi connectivity index (χ4v) is 2.69. The molecule has 4 nitrogen and oxygen atoms in total. The van der Waals surface area contributed by atoms with Gasteiger partial charge < -0.3 is 14.5 Å². The van der Waals surface area contributed by atoms with Crippen molar-refractivity contribution in [1.82, 2.24) is 0 Å². The van der Waals surface area contributed by atoms with Crippen molar-refractivity contribution in [3.63, 3.8) is 0 Å². The summed E-state index contributed by atoms with van der Waals surface area (Å²) in [6.45, 7) is 6.10. The maximum atomic E-state index is 12.2. The summed E-state index contributed by atoms with van der Waals surface area (Å²) < 4.78 is 11.3. The van der Waals surface area contributed by atoms with Gasteiger partial charge in [-0.1, -0.05) is 39.0 Å². The smallest absolute Gasteiger partial charge is 0.225 e. The van der Waals surface area contributed by atoms with E-state index in [-0.39, 0.29) is 11.3 Å². The Kier molecular flexibility index (Phi) is 3.76. The van der Waals surface area contributed by atoms with Gasteiger partial charge in [-0.25, -0.2) is 0 Å². The summed E-state index contributed by atoms with van der Waals surface area (Å²) in [4.78, 5) is 12.2. The lowest BCUT2D eigenvalue weighted by molar-refractivity contribution is -0.117. The number of hydrogen-bond acceptors (Lipinski definition) is 3. The molecule has 1 aromatic heterocycles. The Morgan fingerprint density at radius 1 is 1.13 bits per heavy atom. The number of fused-ring (bicyclic) bond motifs is 3. The fourth-order valence-electron chi connectivity index (χ4n) is 2.69. The van der Waals surface area contributed by atoms with Crippen LogP contribution in [0.15, 0.2) is 40.8 Å². The molecule has 0 saturated carbocycles. The molecule has 0 atom stereocenters. The van der Waals surface area contributed by atoms with Crippen LogP contribution in [0.4, 0.5) is 5.69 Å². The summed E-state index contributed by atoms with van der Waals surface area (Å²) in [6.07, 6.45) is 0.439. The topological polar surface area (TPSA) is 51.5 Å². The molecular formula is C19H21NO3. The van der Waals surface area contributed by atoms with Gasteiger partial charge in [0.2, 0.25) is 5.91 Å². The molecule has 4 heteroatoms. The molecule has 1 N–H and O–H groups in total. The van der Waals surface area contributed by atoms with Crippen LogP contribution in [0.2, 0.25) is 0 Å². The Bertz CT molecular complexity index is 871. The Morgan fingerprint density at radius 2 is 1.87 bits per heavy atom. The van der Waals surface area contributed by atoms with Crippen LogP contribution in [0.5, 0.6) is 5.75 Å². The van der Waals surface area contributed by atoms with Crippen molar-refractivity contribution >= 4 is 33.5 Å². The van der Waals surface area contributed by atoms with Crippen LogP contribution in [0.3, 0.4) is 0 Å². The van der Waals surface area contributed by atoms with E-state index < -0.39 is 0 Å². The largest absolute Gasteiger partial charge is 0.495 e. The number of benzene rings is 2. The predicted octanol–water partition coefficient (Wildman–Crippen LogP) is 4.97. The number of hydrogen-bond donors (Lipinski definition) is 1. The van der Waals surface area contributed by atoms with E-state index in [1.165, 1.54) is 0 Å². The maximum Gasteiger partial charge on any atom is 0.225 e. The van der Waals surface area contributed by atoms with Gasteiger partial charge in [-0.2, -0.15) is 0 Å². The highest BCUT2D eigenvalue weighted by molar-refractivity contribution is 6.07. The van der Waals surface area contributed by atoms with Crippen molar-refractivity contribution in [1.29, 1.82) is 0 Å². The third-order valence-electron chi connectivity index (χ3n) is 3.66. The average Bonchev–Trinajstić information content (AvgIpc) is 2.81. The van der Waals surface area contributed by atoms with Crippen LogP contribution >= 0.6 is 0 Å². The van der Waals surface area contributed by atoms with Gasteiger partial charge in [0.1, 0.15) is 16.9 Å². The summed E-state index contributed by atoms with van der Waals surface area (Å²) >= 11 is 0. The Balaban J connectivity index is 2.03. The molecule has 3 rings (SSSR count). The number of nitrogens with one attached hydrogen (secondary N) is 1. The standard InChI is InChI=1S/C19H21NO3/c1-19(2,3)11-18(21)20-14-10-16-13(9-17(14)22-4)12-7-5-6-8-15(12)23-16/h5-10H,11H2,1-4H3,(H,20,21). The van der Waals surface area contributed by atoms with Crippen molar-refractivity contribution in [2.45, 2.75) is 27.2 Å². The predicted molar refractivity (Wildman–Crippen MR) is 93.0 cm³/mol. The normalized spacial score (nSPS) is 11.8. The van der Waals surface area contributed by atoms with Gasteiger partial charge in [0, 0.05) is 23.3 Å². The molecule has 0 fully saturated rings. The van der Waals surface area contributed by atoms with Gasteiger partial charge in [0.05, 0.1) is 12.8 Å². The van der Waals surface area contributed by atoms with Crippen LogP contribution in [-0.4, -0.2) is 13.0 Å². The number of carbonyl (C=O) groups excluding carboxylic acids is 1. The quantitative estimate of drug-likeness (QED) is 0.743. The number of furan rings is 1. The highest BCUT2D eigenvalue weighted by atomic mass is 16.5. The van der Waals surface area contributed by atoms with Crippen LogP contribution in [0.25, 0.3) is 21.9 Å². The number of anilines is 1. The summed E-state index contributed by atoms with van der Waals surface area (Å²) in [5.41, 5.74) is 2.12. The molecule has 0 aliphatic carbocycles. The number of amides is 1. The second-order valence-electron chi connectivity index (χ2n) is 6.93. The van der Waals surface area contributed by atoms with Crippen LogP contribution in [0.1, 0.15) is 27.2 Å². The van der Waals surface area contributed by atoms with E-state index in [0.29, 0.717) is 17.9 Å². The number of rotatable bonds is 3. The molecule has 1 amide bonds. The molecule has 0 aliphatic rings. The average molecular weight is 311 g/mol. The molecular weight excluding hydrogens is 290 g/mol. The van der Waals surface area contributed by atoms with Crippen LogP contribution in [0, 0.1) is 5.41 Å². The van der Waals surface area contributed by atoms with E-state index in [2.05, 4.69) is 5.32 Å². The minimum Gasteiger partial charge on any atom is -0.495 e. The van der Waals surface area contributed by atoms with Gasteiger partial charge >= 0.3 is 0 Å². The Morgan fingerprint density at radius 3 is 2.57 bits per heavy atom. The summed E-state index contributed by atoms with van der Waals surface area (Å²) in [7, 11) is 1.60. The number of methoxy groups -OCH3 is 1. The molecule has 0 saturated heterocycles. The summed E-state index contributed by atoms with van der Waals surface area (Å²) in [5.74, 6) is 0.595. The molecule has 2 aromatic carbocycles. The first-order chi connectivity index (χ1) is 10.9. The van der Waals surface area contributed by atoms with E-state index in [1.54, 1.807) is 7.11 Å². The monoisotopic (exact) mass is 311 g/mol. The molecule has 23 heavy (non-hydrogen) atoms. The lowest BCUT2D eigenvalue weighted by Gasteiger charge is -2.18.